The largest absolute Gasteiger partial charge is 0.457 e. The molecule has 3 nitrogen and oxygen atoms in total. The standard InChI is InChI=1S/C19H17NO2/c1-12(2)13-3-6-18-14(9-13)7-8-20(18)16-4-5-17-15(10-16)11-22-19(17)21/h3-10,12H,11H2,1-2H3. The van der Waals surface area contributed by atoms with Gasteiger partial charge in [-0.15, -0.1) is 0 Å². The molecule has 0 atom stereocenters. The van der Waals surface area contributed by atoms with Gasteiger partial charge in [-0.25, -0.2) is 4.79 Å². The number of hydrogen-bond acceptors (Lipinski definition) is 2. The summed E-state index contributed by atoms with van der Waals surface area (Å²) in [4.78, 5) is 11.5. The molecule has 3 aromatic rings. The van der Waals surface area contributed by atoms with Gasteiger partial charge in [-0.3, -0.25) is 0 Å². The highest BCUT2D eigenvalue weighted by molar-refractivity contribution is 5.93. The molecule has 0 fully saturated rings. The van der Waals surface area contributed by atoms with Gasteiger partial charge in [0.15, 0.2) is 0 Å². The Morgan fingerprint density at radius 1 is 1.09 bits per heavy atom. The molecule has 2 aromatic carbocycles. The third-order valence-electron chi connectivity index (χ3n) is 4.33. The third-order valence-corrected chi connectivity index (χ3v) is 4.33. The molecule has 0 saturated heterocycles. The molecule has 2 heterocycles. The van der Waals surface area contributed by atoms with Crippen molar-refractivity contribution in [1.29, 1.82) is 0 Å². The van der Waals surface area contributed by atoms with Gasteiger partial charge < -0.3 is 9.30 Å². The maximum atomic E-state index is 11.5. The molecule has 4 rings (SSSR count). The van der Waals surface area contributed by atoms with Gasteiger partial charge in [-0.05, 0) is 47.9 Å². The molecule has 0 N–H and O–H groups in total. The van der Waals surface area contributed by atoms with Crippen molar-refractivity contribution in [3.8, 4) is 5.69 Å². The molecule has 1 aliphatic rings. The predicted molar refractivity (Wildman–Crippen MR) is 86.5 cm³/mol. The van der Waals surface area contributed by atoms with Crippen LogP contribution in [0.5, 0.6) is 0 Å². The maximum Gasteiger partial charge on any atom is 0.338 e. The Morgan fingerprint density at radius 2 is 1.95 bits per heavy atom. The molecule has 0 saturated carbocycles. The number of cyclic esters (lactones) is 1. The monoisotopic (exact) mass is 291 g/mol. The first-order valence-electron chi connectivity index (χ1n) is 7.55. The first-order chi connectivity index (χ1) is 10.6. The lowest BCUT2D eigenvalue weighted by Crippen LogP contribution is -1.96. The number of benzene rings is 2. The van der Waals surface area contributed by atoms with E-state index in [1.54, 1.807) is 0 Å². The highest BCUT2D eigenvalue weighted by Gasteiger charge is 2.21. The van der Waals surface area contributed by atoms with Crippen LogP contribution in [0.1, 0.15) is 41.3 Å². The van der Waals surface area contributed by atoms with Crippen molar-refractivity contribution in [2.45, 2.75) is 26.4 Å². The molecular formula is C19H17NO2. The number of carbonyl (C=O) groups is 1. The Labute approximate surface area is 129 Å². The summed E-state index contributed by atoms with van der Waals surface area (Å²) < 4.78 is 7.23. The first kappa shape index (κ1) is 13.1. The molecule has 0 bridgehead atoms. The average molecular weight is 291 g/mol. The Bertz CT molecular complexity index is 890. The predicted octanol–water partition coefficient (Wildman–Crippen LogP) is 4.42. The van der Waals surface area contributed by atoms with Gasteiger partial charge in [-0.2, -0.15) is 0 Å². The second kappa shape index (κ2) is 4.73. The van der Waals surface area contributed by atoms with Crippen LogP contribution in [0.25, 0.3) is 16.6 Å². The van der Waals surface area contributed by atoms with Crippen LogP contribution < -0.4 is 0 Å². The second-order valence-electron chi connectivity index (χ2n) is 6.08. The zero-order valence-electron chi connectivity index (χ0n) is 12.7. The van der Waals surface area contributed by atoms with Crippen LogP contribution in [-0.4, -0.2) is 10.5 Å². The normalized spacial score (nSPS) is 13.7. The smallest absolute Gasteiger partial charge is 0.338 e. The zero-order chi connectivity index (χ0) is 15.3. The number of nitrogens with zero attached hydrogens (tertiary/aromatic N) is 1. The van der Waals surface area contributed by atoms with Crippen molar-refractivity contribution in [3.63, 3.8) is 0 Å². The molecule has 110 valence electrons. The van der Waals surface area contributed by atoms with Gasteiger partial charge in [0, 0.05) is 22.8 Å². The van der Waals surface area contributed by atoms with Gasteiger partial charge in [0.2, 0.25) is 0 Å². The number of rotatable bonds is 2. The summed E-state index contributed by atoms with van der Waals surface area (Å²) in [5.41, 5.74) is 5.22. The van der Waals surface area contributed by atoms with E-state index in [9.17, 15) is 4.79 Å². The first-order valence-corrected chi connectivity index (χ1v) is 7.55. The van der Waals surface area contributed by atoms with Gasteiger partial charge in [0.1, 0.15) is 6.61 Å². The number of ether oxygens (including phenoxy) is 1. The average Bonchev–Trinajstić information content (AvgIpc) is 3.10. The Morgan fingerprint density at radius 3 is 2.77 bits per heavy atom. The fourth-order valence-corrected chi connectivity index (χ4v) is 3.01. The van der Waals surface area contributed by atoms with Crippen LogP contribution in [0.15, 0.2) is 48.7 Å². The van der Waals surface area contributed by atoms with Crippen molar-refractivity contribution < 1.29 is 9.53 Å². The van der Waals surface area contributed by atoms with E-state index < -0.39 is 0 Å². The highest BCUT2D eigenvalue weighted by Crippen LogP contribution is 2.27. The molecule has 0 aliphatic carbocycles. The van der Waals surface area contributed by atoms with Crippen molar-refractivity contribution in [1.82, 2.24) is 4.57 Å². The van der Waals surface area contributed by atoms with E-state index in [1.165, 1.54) is 16.5 Å². The Kier molecular flexibility index (Phi) is 2.83. The summed E-state index contributed by atoms with van der Waals surface area (Å²) in [6.45, 7) is 4.78. The van der Waals surface area contributed by atoms with Crippen LogP contribution in [0.4, 0.5) is 0 Å². The minimum absolute atomic E-state index is 0.222. The van der Waals surface area contributed by atoms with Gasteiger partial charge >= 0.3 is 5.97 Å². The van der Waals surface area contributed by atoms with Crippen molar-refractivity contribution in [2.75, 3.05) is 0 Å². The van der Waals surface area contributed by atoms with Crippen molar-refractivity contribution in [3.05, 3.63) is 65.4 Å². The Hall–Kier alpha value is -2.55. The van der Waals surface area contributed by atoms with Gasteiger partial charge in [-0.1, -0.05) is 19.9 Å². The summed E-state index contributed by atoms with van der Waals surface area (Å²) in [5.74, 6) is 0.302. The number of hydrogen-bond donors (Lipinski definition) is 0. The summed E-state index contributed by atoms with van der Waals surface area (Å²) in [7, 11) is 0. The maximum absolute atomic E-state index is 11.5. The summed E-state index contributed by atoms with van der Waals surface area (Å²) >= 11 is 0. The zero-order valence-corrected chi connectivity index (χ0v) is 12.7. The molecule has 0 amide bonds. The quantitative estimate of drug-likeness (QED) is 0.654. The fourth-order valence-electron chi connectivity index (χ4n) is 3.01. The lowest BCUT2D eigenvalue weighted by Gasteiger charge is -2.09. The third kappa shape index (κ3) is 1.93. The summed E-state index contributed by atoms with van der Waals surface area (Å²) in [6, 6.07) is 14.6. The SMILES string of the molecule is CC(C)c1ccc2c(ccn2-c2ccc3c(c2)COC3=O)c1. The summed E-state index contributed by atoms with van der Waals surface area (Å²) in [6.07, 6.45) is 2.08. The van der Waals surface area contributed by atoms with E-state index in [-0.39, 0.29) is 5.97 Å². The van der Waals surface area contributed by atoms with Crippen molar-refractivity contribution in [2.24, 2.45) is 0 Å². The lowest BCUT2D eigenvalue weighted by atomic mass is 10.0. The topological polar surface area (TPSA) is 31.2 Å². The number of aromatic nitrogens is 1. The number of carbonyl (C=O) groups excluding carboxylic acids is 1. The minimum atomic E-state index is -0.222. The van der Waals surface area contributed by atoms with Crippen LogP contribution in [0.2, 0.25) is 0 Å². The van der Waals surface area contributed by atoms with E-state index in [0.29, 0.717) is 18.1 Å². The molecule has 0 unspecified atom stereocenters. The minimum Gasteiger partial charge on any atom is -0.457 e. The van der Waals surface area contributed by atoms with Crippen LogP contribution in [0.3, 0.4) is 0 Å². The number of fused-ring (bicyclic) bond motifs is 2. The van der Waals surface area contributed by atoms with E-state index in [2.05, 4.69) is 48.9 Å². The Balaban J connectivity index is 1.83. The van der Waals surface area contributed by atoms with Crippen molar-refractivity contribution >= 4 is 16.9 Å². The van der Waals surface area contributed by atoms with Crippen LogP contribution in [-0.2, 0) is 11.3 Å². The molecule has 0 spiro atoms. The molecule has 3 heteroatoms. The van der Waals surface area contributed by atoms with E-state index in [1.807, 2.05) is 18.2 Å². The van der Waals surface area contributed by atoms with Gasteiger partial charge in [0.05, 0.1) is 11.1 Å². The molecule has 1 aromatic heterocycles. The summed E-state index contributed by atoms with van der Waals surface area (Å²) in [5, 5.41) is 1.24. The van der Waals surface area contributed by atoms with E-state index in [0.717, 1.165) is 11.3 Å². The molecule has 1 aliphatic heterocycles. The molecule has 22 heavy (non-hydrogen) atoms. The van der Waals surface area contributed by atoms with Crippen LogP contribution >= 0.6 is 0 Å². The molecular weight excluding hydrogens is 274 g/mol. The van der Waals surface area contributed by atoms with Crippen LogP contribution in [0, 0.1) is 0 Å². The molecule has 0 radical (unpaired) electrons. The number of esters is 1. The highest BCUT2D eigenvalue weighted by atomic mass is 16.5. The van der Waals surface area contributed by atoms with E-state index >= 15 is 0 Å². The van der Waals surface area contributed by atoms with Gasteiger partial charge in [0.25, 0.3) is 0 Å². The van der Waals surface area contributed by atoms with E-state index in [4.69, 9.17) is 4.74 Å². The second-order valence-corrected chi connectivity index (χ2v) is 6.08. The fraction of sp³-hybridized carbons (Fsp3) is 0.211. The lowest BCUT2D eigenvalue weighted by molar-refractivity contribution is 0.0535.